The molecular formula is C21H24BrF2N3O. The zero-order valence-electron chi connectivity index (χ0n) is 16.0. The van der Waals surface area contributed by atoms with E-state index < -0.39 is 17.8 Å². The number of nitrogens with zero attached hydrogens (tertiary/aromatic N) is 2. The first-order valence-electron chi connectivity index (χ1n) is 9.41. The normalized spacial score (nSPS) is 16.1. The number of nitrogens with one attached hydrogen (secondary N) is 1. The summed E-state index contributed by atoms with van der Waals surface area (Å²) < 4.78 is 28.0. The number of benzene rings is 2. The van der Waals surface area contributed by atoms with Gasteiger partial charge in [0.15, 0.2) is 0 Å². The molecule has 150 valence electrons. The van der Waals surface area contributed by atoms with E-state index in [1.807, 2.05) is 6.92 Å². The zero-order valence-corrected chi connectivity index (χ0v) is 17.6. The second kappa shape index (κ2) is 9.01. The topological polar surface area (TPSA) is 35.6 Å². The van der Waals surface area contributed by atoms with E-state index in [-0.39, 0.29) is 11.4 Å². The van der Waals surface area contributed by atoms with Crippen molar-refractivity contribution in [3.63, 3.8) is 0 Å². The highest BCUT2D eigenvalue weighted by Crippen LogP contribution is 2.29. The monoisotopic (exact) mass is 451 g/mol. The summed E-state index contributed by atoms with van der Waals surface area (Å²) in [6.07, 6.45) is 0. The summed E-state index contributed by atoms with van der Waals surface area (Å²) in [5, 5.41) is 2.87. The van der Waals surface area contributed by atoms with Gasteiger partial charge in [-0.05, 0) is 65.8 Å². The molecule has 1 atom stereocenters. The maximum absolute atomic E-state index is 14.0. The third kappa shape index (κ3) is 4.70. The number of carbonyl (C=O) groups excluding carboxylic acids is 1. The van der Waals surface area contributed by atoms with Crippen molar-refractivity contribution in [1.29, 1.82) is 0 Å². The number of carbonyl (C=O) groups is 1. The molecule has 0 aromatic heterocycles. The van der Waals surface area contributed by atoms with Gasteiger partial charge in [-0.25, -0.2) is 8.78 Å². The lowest BCUT2D eigenvalue weighted by Gasteiger charge is -2.37. The van der Waals surface area contributed by atoms with Crippen LogP contribution >= 0.6 is 15.9 Å². The van der Waals surface area contributed by atoms with Gasteiger partial charge in [0.25, 0.3) is 5.91 Å². The molecule has 7 heteroatoms. The summed E-state index contributed by atoms with van der Waals surface area (Å²) in [7, 11) is 0. The van der Waals surface area contributed by atoms with Gasteiger partial charge < -0.3 is 15.1 Å². The van der Waals surface area contributed by atoms with Gasteiger partial charge in [-0.1, -0.05) is 6.92 Å². The van der Waals surface area contributed by atoms with Crippen molar-refractivity contribution in [3.8, 4) is 0 Å². The van der Waals surface area contributed by atoms with E-state index in [9.17, 15) is 13.6 Å². The minimum atomic E-state index is -0.485. The third-order valence-corrected chi connectivity index (χ3v) is 5.83. The minimum Gasteiger partial charge on any atom is -0.369 e. The van der Waals surface area contributed by atoms with Crippen LogP contribution in [0.4, 0.5) is 14.5 Å². The summed E-state index contributed by atoms with van der Waals surface area (Å²) in [6, 6.07) is 8.21. The molecule has 1 aliphatic heterocycles. The number of hydrogen-bond donors (Lipinski definition) is 1. The van der Waals surface area contributed by atoms with E-state index in [1.165, 1.54) is 30.3 Å². The van der Waals surface area contributed by atoms with Gasteiger partial charge in [0.05, 0.1) is 11.6 Å². The second-order valence-electron chi connectivity index (χ2n) is 6.94. The molecule has 2 aromatic rings. The number of halogens is 3. The predicted molar refractivity (Wildman–Crippen MR) is 111 cm³/mol. The van der Waals surface area contributed by atoms with Crippen LogP contribution in [-0.2, 0) is 0 Å². The number of piperazine rings is 1. The van der Waals surface area contributed by atoms with Crippen molar-refractivity contribution in [2.45, 2.75) is 19.9 Å². The molecule has 4 nitrogen and oxygen atoms in total. The molecule has 3 rings (SSSR count). The summed E-state index contributed by atoms with van der Waals surface area (Å²) in [6.45, 7) is 8.56. The van der Waals surface area contributed by atoms with Crippen molar-refractivity contribution in [3.05, 3.63) is 63.6 Å². The highest BCUT2D eigenvalue weighted by Gasteiger charge is 2.22. The number of likely N-dealkylation sites (N-methyl/N-ethyl adjacent to an activating group) is 1. The molecule has 1 N–H and O–H groups in total. The largest absolute Gasteiger partial charge is 0.369 e. The van der Waals surface area contributed by atoms with Crippen LogP contribution in [0.5, 0.6) is 0 Å². The van der Waals surface area contributed by atoms with Gasteiger partial charge >= 0.3 is 0 Å². The van der Waals surface area contributed by atoms with Crippen molar-refractivity contribution >= 4 is 27.5 Å². The van der Waals surface area contributed by atoms with Gasteiger partial charge in [0.2, 0.25) is 0 Å². The highest BCUT2D eigenvalue weighted by molar-refractivity contribution is 9.10. The summed E-state index contributed by atoms with van der Waals surface area (Å²) in [5.41, 5.74) is 1.84. The van der Waals surface area contributed by atoms with Gasteiger partial charge in [-0.15, -0.1) is 0 Å². The molecule has 0 bridgehead atoms. The average Bonchev–Trinajstić information content (AvgIpc) is 2.69. The first-order chi connectivity index (χ1) is 13.4. The molecular weight excluding hydrogens is 428 g/mol. The maximum Gasteiger partial charge on any atom is 0.253 e. The van der Waals surface area contributed by atoms with E-state index in [0.717, 1.165) is 38.4 Å². The Kier molecular flexibility index (Phi) is 6.67. The average molecular weight is 452 g/mol. The molecule has 0 aliphatic carbocycles. The Hall–Kier alpha value is -1.99. The Morgan fingerprint density at radius 3 is 2.43 bits per heavy atom. The number of amides is 1. The Balaban J connectivity index is 1.81. The third-order valence-electron chi connectivity index (χ3n) is 5.14. The van der Waals surface area contributed by atoms with Crippen molar-refractivity contribution in [2.24, 2.45) is 0 Å². The quantitative estimate of drug-likeness (QED) is 0.733. The fourth-order valence-corrected chi connectivity index (χ4v) is 3.92. The Labute approximate surface area is 172 Å². The summed E-state index contributed by atoms with van der Waals surface area (Å²) in [5.74, 6) is -1.25. The Bertz CT molecular complexity index is 854. The lowest BCUT2D eigenvalue weighted by atomic mass is 10.0. The SMILES string of the molecule is CCN1CCN(c2ccc(F)cc2C(C)NC(=O)c2cc(F)ccc2Br)CC1. The molecule has 1 amide bonds. The molecule has 1 saturated heterocycles. The van der Waals surface area contributed by atoms with Crippen LogP contribution in [0.25, 0.3) is 0 Å². The van der Waals surface area contributed by atoms with Crippen LogP contribution in [0.2, 0.25) is 0 Å². The van der Waals surface area contributed by atoms with Crippen LogP contribution in [0.3, 0.4) is 0 Å². The van der Waals surface area contributed by atoms with E-state index in [2.05, 4.69) is 38.0 Å². The molecule has 1 unspecified atom stereocenters. The van der Waals surface area contributed by atoms with E-state index in [1.54, 1.807) is 6.07 Å². The van der Waals surface area contributed by atoms with Crippen molar-refractivity contribution < 1.29 is 13.6 Å². The minimum absolute atomic E-state index is 0.210. The number of rotatable bonds is 5. The molecule has 1 heterocycles. The van der Waals surface area contributed by atoms with E-state index >= 15 is 0 Å². The highest BCUT2D eigenvalue weighted by atomic mass is 79.9. The Morgan fingerprint density at radius 1 is 1.11 bits per heavy atom. The van der Waals surface area contributed by atoms with Crippen LogP contribution in [0, 0.1) is 11.6 Å². The predicted octanol–water partition coefficient (Wildman–Crippen LogP) is 4.36. The Morgan fingerprint density at radius 2 is 1.75 bits per heavy atom. The number of hydrogen-bond acceptors (Lipinski definition) is 3. The van der Waals surface area contributed by atoms with Crippen molar-refractivity contribution in [2.75, 3.05) is 37.6 Å². The summed E-state index contributed by atoms with van der Waals surface area (Å²) >= 11 is 3.28. The lowest BCUT2D eigenvalue weighted by molar-refractivity contribution is 0.0938. The summed E-state index contributed by atoms with van der Waals surface area (Å²) in [4.78, 5) is 17.2. The fraction of sp³-hybridized carbons (Fsp3) is 0.381. The van der Waals surface area contributed by atoms with Crippen LogP contribution in [0.1, 0.15) is 35.8 Å². The molecule has 1 fully saturated rings. The molecule has 0 spiro atoms. The van der Waals surface area contributed by atoms with E-state index in [4.69, 9.17) is 0 Å². The lowest BCUT2D eigenvalue weighted by Crippen LogP contribution is -2.46. The fourth-order valence-electron chi connectivity index (χ4n) is 3.49. The molecule has 2 aromatic carbocycles. The van der Waals surface area contributed by atoms with Crippen molar-refractivity contribution in [1.82, 2.24) is 10.2 Å². The second-order valence-corrected chi connectivity index (χ2v) is 7.80. The van der Waals surface area contributed by atoms with Gasteiger partial charge in [0, 0.05) is 41.9 Å². The van der Waals surface area contributed by atoms with Gasteiger partial charge in [0.1, 0.15) is 11.6 Å². The van der Waals surface area contributed by atoms with E-state index in [0.29, 0.717) is 10.0 Å². The molecule has 0 radical (unpaired) electrons. The maximum atomic E-state index is 14.0. The standard InChI is InChI=1S/C21H24BrF2N3O/c1-3-26-8-10-27(11-9-26)20-7-5-16(24)12-17(20)14(2)25-21(28)18-13-15(23)4-6-19(18)22/h4-7,12-14H,3,8-11H2,1-2H3,(H,25,28). The molecule has 28 heavy (non-hydrogen) atoms. The first kappa shape index (κ1) is 20.7. The zero-order chi connectivity index (χ0) is 20.3. The van der Waals surface area contributed by atoms with Crippen LogP contribution in [0.15, 0.2) is 40.9 Å². The van der Waals surface area contributed by atoms with Gasteiger partial charge in [-0.2, -0.15) is 0 Å². The smallest absolute Gasteiger partial charge is 0.253 e. The van der Waals surface area contributed by atoms with Crippen LogP contribution < -0.4 is 10.2 Å². The molecule has 0 saturated carbocycles. The van der Waals surface area contributed by atoms with Crippen LogP contribution in [-0.4, -0.2) is 43.5 Å². The number of anilines is 1. The van der Waals surface area contributed by atoms with Gasteiger partial charge in [-0.3, -0.25) is 4.79 Å². The first-order valence-corrected chi connectivity index (χ1v) is 10.2. The molecule has 1 aliphatic rings.